The molecule has 3 heterocycles. The lowest BCUT2D eigenvalue weighted by Gasteiger charge is -2.21. The number of thioether (sulfide) groups is 1. The van der Waals surface area contributed by atoms with E-state index in [1.165, 1.54) is 0 Å². The number of hydrogen-bond acceptors (Lipinski definition) is 7. The van der Waals surface area contributed by atoms with Gasteiger partial charge in [0.1, 0.15) is 6.33 Å². The molecule has 0 spiro atoms. The molecule has 2 aromatic heterocycles. The number of nitrogens with one attached hydrogen (secondary N) is 1. The van der Waals surface area contributed by atoms with Crippen molar-refractivity contribution in [2.45, 2.75) is 18.0 Å². The molecule has 140 valence electrons. The van der Waals surface area contributed by atoms with Crippen LogP contribution in [0.4, 0.5) is 0 Å². The van der Waals surface area contributed by atoms with Crippen LogP contribution in [0.2, 0.25) is 0 Å². The zero-order valence-corrected chi connectivity index (χ0v) is 15.6. The number of nitrogens with zero attached hydrogens (tertiary/aromatic N) is 4. The first kappa shape index (κ1) is 18.7. The van der Waals surface area contributed by atoms with Gasteiger partial charge in [-0.25, -0.2) is 4.98 Å². The van der Waals surface area contributed by atoms with Gasteiger partial charge in [0.2, 0.25) is 5.88 Å². The molecule has 0 bridgehead atoms. The molecule has 3 rings (SSSR count). The lowest BCUT2D eigenvalue weighted by molar-refractivity contribution is 0.0490. The molecular weight excluding hydrogens is 354 g/mol. The number of carbonyl (C=O) groups is 1. The quantitative estimate of drug-likeness (QED) is 0.551. The van der Waals surface area contributed by atoms with Gasteiger partial charge in [-0.15, -0.1) is 10.2 Å². The largest absolute Gasteiger partial charge is 0.477 e. The highest BCUT2D eigenvalue weighted by molar-refractivity contribution is 7.99. The van der Waals surface area contributed by atoms with Crippen molar-refractivity contribution in [3.63, 3.8) is 0 Å². The summed E-state index contributed by atoms with van der Waals surface area (Å²) in [7, 11) is 1.89. The van der Waals surface area contributed by atoms with Crippen LogP contribution in [-0.4, -0.2) is 57.8 Å². The highest BCUT2D eigenvalue weighted by Gasteiger charge is 2.15. The summed E-state index contributed by atoms with van der Waals surface area (Å²) < 4.78 is 12.9. The van der Waals surface area contributed by atoms with E-state index >= 15 is 0 Å². The van der Waals surface area contributed by atoms with Crippen molar-refractivity contribution in [1.82, 2.24) is 25.1 Å². The number of carbonyl (C=O) groups excluding carboxylic acids is 1. The van der Waals surface area contributed by atoms with Gasteiger partial charge in [-0.3, -0.25) is 4.79 Å². The molecule has 2 aromatic rings. The van der Waals surface area contributed by atoms with Crippen molar-refractivity contribution < 1.29 is 14.3 Å². The molecule has 8 nitrogen and oxygen atoms in total. The summed E-state index contributed by atoms with van der Waals surface area (Å²) in [5, 5.41) is 11.5. The topological polar surface area (TPSA) is 91.2 Å². The molecule has 0 atom stereocenters. The van der Waals surface area contributed by atoms with Crippen molar-refractivity contribution in [3.05, 3.63) is 30.2 Å². The number of amides is 1. The van der Waals surface area contributed by atoms with E-state index < -0.39 is 0 Å². The third-order valence-corrected chi connectivity index (χ3v) is 5.13. The standard InChI is InChI=1S/C17H23N5O3S/c1-22-12-20-21-17(22)26-9-6-18-16(23)14-2-3-15(19-10-14)25-11-13-4-7-24-8-5-13/h2-3,10,12-13H,4-9,11H2,1H3,(H,18,23). The minimum Gasteiger partial charge on any atom is -0.477 e. The summed E-state index contributed by atoms with van der Waals surface area (Å²) in [6.07, 6.45) is 5.24. The van der Waals surface area contributed by atoms with Gasteiger partial charge in [0.25, 0.3) is 5.91 Å². The minimum absolute atomic E-state index is 0.146. The average Bonchev–Trinajstić information content (AvgIpc) is 3.09. The normalized spacial score (nSPS) is 15.0. The molecule has 0 aromatic carbocycles. The molecule has 0 saturated carbocycles. The van der Waals surface area contributed by atoms with Crippen LogP contribution in [0.25, 0.3) is 0 Å². The van der Waals surface area contributed by atoms with Gasteiger partial charge in [-0.05, 0) is 24.8 Å². The third-order valence-electron chi connectivity index (χ3n) is 4.09. The second-order valence-corrected chi connectivity index (χ2v) is 7.14. The summed E-state index contributed by atoms with van der Waals surface area (Å²) >= 11 is 1.54. The van der Waals surface area contributed by atoms with E-state index in [1.807, 2.05) is 11.6 Å². The first-order valence-corrected chi connectivity index (χ1v) is 9.62. The maximum atomic E-state index is 12.1. The lowest BCUT2D eigenvalue weighted by atomic mass is 10.0. The predicted octanol–water partition coefficient (Wildman–Crippen LogP) is 1.54. The first-order valence-electron chi connectivity index (χ1n) is 8.64. The Morgan fingerprint density at radius 2 is 2.27 bits per heavy atom. The SMILES string of the molecule is Cn1cnnc1SCCNC(=O)c1ccc(OCC2CCOCC2)nc1. The van der Waals surface area contributed by atoms with Crippen molar-refractivity contribution in [3.8, 4) is 5.88 Å². The Morgan fingerprint density at radius 1 is 1.42 bits per heavy atom. The Kier molecular flexibility index (Phi) is 6.84. The monoisotopic (exact) mass is 377 g/mol. The zero-order chi connectivity index (χ0) is 18.2. The number of ether oxygens (including phenoxy) is 2. The maximum Gasteiger partial charge on any atom is 0.252 e. The van der Waals surface area contributed by atoms with E-state index in [4.69, 9.17) is 9.47 Å². The Hall–Kier alpha value is -2.13. The number of rotatable bonds is 8. The van der Waals surface area contributed by atoms with Crippen molar-refractivity contribution in [1.29, 1.82) is 0 Å². The molecule has 0 aliphatic carbocycles. The molecule has 1 saturated heterocycles. The zero-order valence-electron chi connectivity index (χ0n) is 14.8. The molecule has 26 heavy (non-hydrogen) atoms. The Bertz CT molecular complexity index is 701. The molecule has 1 aliphatic heterocycles. The maximum absolute atomic E-state index is 12.1. The van der Waals surface area contributed by atoms with Gasteiger partial charge in [-0.2, -0.15) is 0 Å². The van der Waals surface area contributed by atoms with E-state index in [1.54, 1.807) is 36.4 Å². The number of aromatic nitrogens is 4. The highest BCUT2D eigenvalue weighted by Crippen LogP contribution is 2.17. The van der Waals surface area contributed by atoms with Crippen LogP contribution in [0.3, 0.4) is 0 Å². The third kappa shape index (κ3) is 5.43. The Labute approximate surface area is 156 Å². The number of hydrogen-bond donors (Lipinski definition) is 1. The fourth-order valence-corrected chi connectivity index (χ4v) is 3.27. The predicted molar refractivity (Wildman–Crippen MR) is 97.3 cm³/mol. The van der Waals surface area contributed by atoms with E-state index in [-0.39, 0.29) is 5.91 Å². The molecule has 1 amide bonds. The molecular formula is C17H23N5O3S. The van der Waals surface area contributed by atoms with E-state index in [0.717, 1.165) is 37.0 Å². The van der Waals surface area contributed by atoms with Crippen LogP contribution in [0.1, 0.15) is 23.2 Å². The molecule has 1 N–H and O–H groups in total. The van der Waals surface area contributed by atoms with Crippen LogP contribution >= 0.6 is 11.8 Å². The number of pyridine rings is 1. The minimum atomic E-state index is -0.146. The summed E-state index contributed by atoms with van der Waals surface area (Å²) in [5.41, 5.74) is 0.520. The lowest BCUT2D eigenvalue weighted by Crippen LogP contribution is -2.26. The smallest absolute Gasteiger partial charge is 0.252 e. The fourth-order valence-electron chi connectivity index (χ4n) is 2.53. The summed E-state index contributed by atoms with van der Waals surface area (Å²) in [6.45, 7) is 2.78. The summed E-state index contributed by atoms with van der Waals surface area (Å²) in [6, 6.07) is 3.47. The van der Waals surface area contributed by atoms with Gasteiger partial charge in [0.15, 0.2) is 5.16 Å². The summed E-state index contributed by atoms with van der Waals surface area (Å²) in [5.74, 6) is 1.63. The van der Waals surface area contributed by atoms with Crippen molar-refractivity contribution in [2.75, 3.05) is 32.1 Å². The molecule has 1 aliphatic rings. The van der Waals surface area contributed by atoms with Gasteiger partial charge >= 0.3 is 0 Å². The Balaban J connectivity index is 1.38. The van der Waals surface area contributed by atoms with Crippen LogP contribution in [0.15, 0.2) is 29.8 Å². The summed E-state index contributed by atoms with van der Waals surface area (Å²) in [4.78, 5) is 16.4. The van der Waals surface area contributed by atoms with Crippen LogP contribution in [-0.2, 0) is 11.8 Å². The van der Waals surface area contributed by atoms with E-state index in [2.05, 4.69) is 20.5 Å². The van der Waals surface area contributed by atoms with Crippen molar-refractivity contribution >= 4 is 17.7 Å². The van der Waals surface area contributed by atoms with Crippen LogP contribution in [0.5, 0.6) is 5.88 Å². The van der Waals surface area contributed by atoms with Gasteiger partial charge < -0.3 is 19.4 Å². The first-order chi connectivity index (χ1) is 12.7. The van der Waals surface area contributed by atoms with Gasteiger partial charge in [0.05, 0.1) is 12.2 Å². The van der Waals surface area contributed by atoms with Gasteiger partial charge in [0, 0.05) is 44.8 Å². The number of aryl methyl sites for hydroxylation is 1. The second-order valence-electron chi connectivity index (χ2n) is 6.08. The van der Waals surface area contributed by atoms with Crippen LogP contribution < -0.4 is 10.1 Å². The second kappa shape index (κ2) is 9.54. The Morgan fingerprint density at radius 3 is 2.96 bits per heavy atom. The van der Waals surface area contributed by atoms with E-state index in [9.17, 15) is 4.79 Å². The van der Waals surface area contributed by atoms with E-state index in [0.29, 0.717) is 30.5 Å². The molecule has 0 unspecified atom stereocenters. The van der Waals surface area contributed by atoms with Crippen molar-refractivity contribution in [2.24, 2.45) is 13.0 Å². The van der Waals surface area contributed by atoms with Crippen LogP contribution in [0, 0.1) is 5.92 Å². The molecule has 9 heteroatoms. The van der Waals surface area contributed by atoms with Gasteiger partial charge in [-0.1, -0.05) is 11.8 Å². The molecule has 1 fully saturated rings. The fraction of sp³-hybridized carbons (Fsp3) is 0.529. The molecule has 0 radical (unpaired) electrons. The average molecular weight is 377 g/mol. The highest BCUT2D eigenvalue weighted by atomic mass is 32.2.